The van der Waals surface area contributed by atoms with Crippen molar-refractivity contribution in [1.82, 2.24) is 10.2 Å². The van der Waals surface area contributed by atoms with Crippen LogP contribution in [0.4, 0.5) is 0 Å². The molecule has 0 aliphatic heterocycles. The second-order valence-corrected chi connectivity index (χ2v) is 8.74. The molecule has 1 fully saturated rings. The van der Waals surface area contributed by atoms with Gasteiger partial charge in [-0.3, -0.25) is 0 Å². The van der Waals surface area contributed by atoms with Crippen molar-refractivity contribution < 1.29 is 4.74 Å². The maximum absolute atomic E-state index is 5.99. The highest BCUT2D eigenvalue weighted by molar-refractivity contribution is 5.63. The van der Waals surface area contributed by atoms with E-state index in [0.717, 1.165) is 30.7 Å². The molecule has 0 spiro atoms. The van der Waals surface area contributed by atoms with Crippen LogP contribution in [0.25, 0.3) is 5.70 Å². The van der Waals surface area contributed by atoms with Crippen molar-refractivity contribution in [3.63, 3.8) is 0 Å². The summed E-state index contributed by atoms with van der Waals surface area (Å²) in [7, 11) is 2.01. The number of nitrogens with one attached hydrogen (secondary N) is 1. The van der Waals surface area contributed by atoms with E-state index < -0.39 is 0 Å². The molecule has 0 bridgehead atoms. The molecule has 31 heavy (non-hydrogen) atoms. The van der Waals surface area contributed by atoms with Gasteiger partial charge in [-0.25, -0.2) is 0 Å². The molecule has 0 amide bonds. The summed E-state index contributed by atoms with van der Waals surface area (Å²) in [5.74, 6) is 0.892. The van der Waals surface area contributed by atoms with Gasteiger partial charge in [-0.1, -0.05) is 49.1 Å². The van der Waals surface area contributed by atoms with Crippen molar-refractivity contribution in [2.75, 3.05) is 7.05 Å². The Bertz CT molecular complexity index is 952. The molecule has 0 aromatic heterocycles. The summed E-state index contributed by atoms with van der Waals surface area (Å²) in [5.41, 5.74) is 7.44. The van der Waals surface area contributed by atoms with Crippen LogP contribution in [0.5, 0.6) is 5.75 Å². The minimum atomic E-state index is 0.488. The third kappa shape index (κ3) is 5.04. The maximum atomic E-state index is 5.99. The SMILES string of the molecule is C=CC1=C(NC)CCC(N(C(=C)c2ccc(OCc3ccc(C)cc3)cc2)C2CC2)C1. The summed E-state index contributed by atoms with van der Waals surface area (Å²) in [6, 6.07) is 18.0. The van der Waals surface area contributed by atoms with Gasteiger partial charge in [0.25, 0.3) is 0 Å². The number of allylic oxidation sites excluding steroid dienone is 2. The molecule has 0 saturated heterocycles. The topological polar surface area (TPSA) is 24.5 Å². The summed E-state index contributed by atoms with van der Waals surface area (Å²) in [6.07, 6.45) is 7.81. The van der Waals surface area contributed by atoms with Crippen LogP contribution >= 0.6 is 0 Å². The quantitative estimate of drug-likeness (QED) is 0.527. The smallest absolute Gasteiger partial charge is 0.119 e. The first kappa shape index (κ1) is 21.3. The number of aryl methyl sites for hydroxylation is 1. The molecule has 1 unspecified atom stereocenters. The highest BCUT2D eigenvalue weighted by Gasteiger charge is 2.36. The van der Waals surface area contributed by atoms with E-state index in [-0.39, 0.29) is 0 Å². The van der Waals surface area contributed by atoms with E-state index in [0.29, 0.717) is 18.7 Å². The molecular formula is C28H34N2O. The Hall–Kier alpha value is -2.94. The van der Waals surface area contributed by atoms with Crippen LogP contribution in [-0.2, 0) is 6.61 Å². The second kappa shape index (κ2) is 9.47. The van der Waals surface area contributed by atoms with Crippen LogP contribution in [0.3, 0.4) is 0 Å². The predicted molar refractivity (Wildman–Crippen MR) is 130 cm³/mol. The van der Waals surface area contributed by atoms with Gasteiger partial charge in [0.1, 0.15) is 12.4 Å². The summed E-state index contributed by atoms with van der Waals surface area (Å²) < 4.78 is 5.99. The van der Waals surface area contributed by atoms with Gasteiger partial charge in [0, 0.05) is 30.5 Å². The molecule has 3 heteroatoms. The highest BCUT2D eigenvalue weighted by atomic mass is 16.5. The van der Waals surface area contributed by atoms with Crippen LogP contribution in [0.1, 0.15) is 48.8 Å². The largest absolute Gasteiger partial charge is 0.489 e. The zero-order valence-corrected chi connectivity index (χ0v) is 18.9. The number of nitrogens with zero attached hydrogens (tertiary/aromatic N) is 1. The summed E-state index contributed by atoms with van der Waals surface area (Å²) in [5, 5.41) is 3.36. The predicted octanol–water partition coefficient (Wildman–Crippen LogP) is 6.22. The van der Waals surface area contributed by atoms with Gasteiger partial charge in [-0.05, 0) is 80.0 Å². The molecule has 4 rings (SSSR count). The minimum absolute atomic E-state index is 0.488. The van der Waals surface area contributed by atoms with E-state index >= 15 is 0 Å². The van der Waals surface area contributed by atoms with Crippen molar-refractivity contribution in [3.05, 3.63) is 95.7 Å². The number of hydrogen-bond acceptors (Lipinski definition) is 3. The molecule has 2 aromatic rings. The van der Waals surface area contributed by atoms with Gasteiger partial charge < -0.3 is 15.0 Å². The van der Waals surface area contributed by atoms with Crippen LogP contribution in [0, 0.1) is 6.92 Å². The van der Waals surface area contributed by atoms with Gasteiger partial charge in [0.2, 0.25) is 0 Å². The molecule has 1 saturated carbocycles. The molecule has 2 aromatic carbocycles. The number of hydrogen-bond donors (Lipinski definition) is 1. The Morgan fingerprint density at radius 3 is 2.39 bits per heavy atom. The third-order valence-corrected chi connectivity index (χ3v) is 6.48. The van der Waals surface area contributed by atoms with Crippen molar-refractivity contribution in [3.8, 4) is 5.75 Å². The third-order valence-electron chi connectivity index (χ3n) is 6.48. The number of rotatable bonds is 9. The molecule has 2 aliphatic carbocycles. The first-order valence-corrected chi connectivity index (χ1v) is 11.4. The molecule has 0 radical (unpaired) electrons. The lowest BCUT2D eigenvalue weighted by Crippen LogP contribution is -2.38. The zero-order valence-electron chi connectivity index (χ0n) is 18.9. The van der Waals surface area contributed by atoms with Gasteiger partial charge in [-0.15, -0.1) is 0 Å². The molecule has 3 nitrogen and oxygen atoms in total. The maximum Gasteiger partial charge on any atom is 0.119 e. The van der Waals surface area contributed by atoms with E-state index in [1.165, 1.54) is 40.8 Å². The van der Waals surface area contributed by atoms with E-state index in [1.807, 2.05) is 13.1 Å². The van der Waals surface area contributed by atoms with Crippen LogP contribution in [0.15, 0.2) is 79.0 Å². The normalized spacial score (nSPS) is 18.5. The standard InChI is InChI=1S/C28H34N2O/c1-5-23-18-26(14-17-28(23)29-4)30(25-12-13-25)21(3)24-10-15-27(16-11-24)31-19-22-8-6-20(2)7-9-22/h5-11,15-16,25-26,29H,1,3,12-14,17-19H2,2,4H3. The summed E-state index contributed by atoms with van der Waals surface area (Å²) in [6.45, 7) is 11.2. The van der Waals surface area contributed by atoms with Crippen LogP contribution in [-0.4, -0.2) is 24.0 Å². The second-order valence-electron chi connectivity index (χ2n) is 8.74. The Labute approximate surface area is 187 Å². The first-order valence-electron chi connectivity index (χ1n) is 11.4. The number of benzene rings is 2. The minimum Gasteiger partial charge on any atom is -0.489 e. The van der Waals surface area contributed by atoms with E-state index in [4.69, 9.17) is 4.74 Å². The van der Waals surface area contributed by atoms with Gasteiger partial charge >= 0.3 is 0 Å². The van der Waals surface area contributed by atoms with Crippen LogP contribution < -0.4 is 10.1 Å². The Morgan fingerprint density at radius 1 is 1.06 bits per heavy atom. The molecule has 0 heterocycles. The Kier molecular flexibility index (Phi) is 6.50. The van der Waals surface area contributed by atoms with Crippen molar-refractivity contribution in [2.24, 2.45) is 0 Å². The molecule has 162 valence electrons. The molecule has 1 atom stereocenters. The lowest BCUT2D eigenvalue weighted by Gasteiger charge is -2.39. The van der Waals surface area contributed by atoms with Gasteiger partial charge in [-0.2, -0.15) is 0 Å². The Balaban J connectivity index is 1.43. The van der Waals surface area contributed by atoms with E-state index in [2.05, 4.69) is 78.8 Å². The van der Waals surface area contributed by atoms with E-state index in [9.17, 15) is 0 Å². The van der Waals surface area contributed by atoms with Crippen molar-refractivity contribution >= 4 is 5.70 Å². The molecular weight excluding hydrogens is 380 g/mol. The average molecular weight is 415 g/mol. The van der Waals surface area contributed by atoms with Crippen molar-refractivity contribution in [2.45, 2.75) is 57.7 Å². The monoisotopic (exact) mass is 414 g/mol. The summed E-state index contributed by atoms with van der Waals surface area (Å²) in [4.78, 5) is 2.58. The number of ether oxygens (including phenoxy) is 1. The fraction of sp³-hybridized carbons (Fsp3) is 0.357. The lowest BCUT2D eigenvalue weighted by atomic mass is 9.90. The first-order chi connectivity index (χ1) is 15.1. The zero-order chi connectivity index (χ0) is 21.8. The molecule has 2 aliphatic rings. The Morgan fingerprint density at radius 2 is 1.77 bits per heavy atom. The van der Waals surface area contributed by atoms with Gasteiger partial charge in [0.15, 0.2) is 0 Å². The van der Waals surface area contributed by atoms with Gasteiger partial charge in [0.05, 0.1) is 0 Å². The van der Waals surface area contributed by atoms with Crippen LogP contribution in [0.2, 0.25) is 0 Å². The average Bonchev–Trinajstić information content (AvgIpc) is 3.64. The van der Waals surface area contributed by atoms with E-state index in [1.54, 1.807) is 0 Å². The highest BCUT2D eigenvalue weighted by Crippen LogP contribution is 2.40. The fourth-order valence-corrected chi connectivity index (χ4v) is 4.52. The summed E-state index contributed by atoms with van der Waals surface area (Å²) >= 11 is 0. The molecule has 1 N–H and O–H groups in total. The fourth-order valence-electron chi connectivity index (χ4n) is 4.52. The lowest BCUT2D eigenvalue weighted by molar-refractivity contribution is 0.259. The van der Waals surface area contributed by atoms with Crippen molar-refractivity contribution in [1.29, 1.82) is 0 Å².